The van der Waals surface area contributed by atoms with Gasteiger partial charge in [-0.15, -0.1) is 0 Å². The zero-order valence-corrected chi connectivity index (χ0v) is 9.90. The van der Waals surface area contributed by atoms with Gasteiger partial charge in [-0.3, -0.25) is 0 Å². The maximum atomic E-state index is 8.89. The largest absolute Gasteiger partial charge is 0.396 e. The lowest BCUT2D eigenvalue weighted by atomic mass is 10.1. The summed E-state index contributed by atoms with van der Waals surface area (Å²) in [4.78, 5) is 2.34. The van der Waals surface area contributed by atoms with E-state index in [9.17, 15) is 0 Å². The number of hydrogen-bond donors (Lipinski definition) is 1. The average Bonchev–Trinajstić information content (AvgIpc) is 2.20. The Labute approximate surface area is 92.5 Å². The van der Waals surface area contributed by atoms with Crippen LogP contribution in [0.1, 0.15) is 25.8 Å². The summed E-state index contributed by atoms with van der Waals surface area (Å²) < 4.78 is 0. The summed E-state index contributed by atoms with van der Waals surface area (Å²) in [5, 5.41) is 8.89. The standard InChI is InChI=1S/C13H21NO/c1-11(2)14(9-6-10-15)13-8-5-4-7-12(13)3/h4-5,7-8,11,15H,6,9-10H2,1-3H3. The first-order valence-corrected chi connectivity index (χ1v) is 5.60. The van der Waals surface area contributed by atoms with Crippen molar-refractivity contribution < 1.29 is 5.11 Å². The first-order chi connectivity index (χ1) is 7.16. The molecule has 1 aromatic carbocycles. The maximum absolute atomic E-state index is 8.89. The number of hydrogen-bond acceptors (Lipinski definition) is 2. The second-order valence-corrected chi connectivity index (χ2v) is 4.15. The smallest absolute Gasteiger partial charge is 0.0447 e. The molecular weight excluding hydrogens is 186 g/mol. The van der Waals surface area contributed by atoms with Gasteiger partial charge < -0.3 is 10.0 Å². The molecule has 0 unspecified atom stereocenters. The molecule has 0 fully saturated rings. The van der Waals surface area contributed by atoms with Crippen LogP contribution in [0.4, 0.5) is 5.69 Å². The Bertz CT molecular complexity index is 296. The summed E-state index contributed by atoms with van der Waals surface area (Å²) in [6.45, 7) is 7.67. The van der Waals surface area contributed by atoms with Crippen molar-refractivity contribution in [3.63, 3.8) is 0 Å². The minimum absolute atomic E-state index is 0.259. The highest BCUT2D eigenvalue weighted by Crippen LogP contribution is 2.21. The fourth-order valence-corrected chi connectivity index (χ4v) is 1.78. The van der Waals surface area contributed by atoms with Crippen molar-refractivity contribution in [2.24, 2.45) is 0 Å². The first-order valence-electron chi connectivity index (χ1n) is 5.60. The molecule has 1 N–H and O–H groups in total. The Kier molecular flexibility index (Phi) is 4.63. The molecule has 0 saturated carbocycles. The van der Waals surface area contributed by atoms with Crippen LogP contribution in [0, 0.1) is 6.92 Å². The molecule has 0 heterocycles. The maximum Gasteiger partial charge on any atom is 0.0447 e. The number of benzene rings is 1. The summed E-state index contributed by atoms with van der Waals surface area (Å²) in [6.07, 6.45) is 0.826. The zero-order chi connectivity index (χ0) is 11.3. The third kappa shape index (κ3) is 3.24. The lowest BCUT2D eigenvalue weighted by Gasteiger charge is -2.30. The molecule has 0 atom stereocenters. The third-order valence-corrected chi connectivity index (χ3v) is 2.61. The van der Waals surface area contributed by atoms with Gasteiger partial charge in [-0.1, -0.05) is 18.2 Å². The van der Waals surface area contributed by atoms with Crippen molar-refractivity contribution in [1.82, 2.24) is 0 Å². The molecule has 0 amide bonds. The molecule has 0 aromatic heterocycles. The lowest BCUT2D eigenvalue weighted by molar-refractivity contribution is 0.288. The van der Waals surface area contributed by atoms with Crippen molar-refractivity contribution in [1.29, 1.82) is 0 Å². The Morgan fingerprint density at radius 1 is 1.27 bits per heavy atom. The summed E-state index contributed by atoms with van der Waals surface area (Å²) in [6, 6.07) is 8.87. The van der Waals surface area contributed by atoms with Crippen molar-refractivity contribution >= 4 is 5.69 Å². The van der Waals surface area contributed by atoms with Gasteiger partial charge in [0.15, 0.2) is 0 Å². The second-order valence-electron chi connectivity index (χ2n) is 4.15. The molecule has 0 aliphatic rings. The molecule has 84 valence electrons. The summed E-state index contributed by atoms with van der Waals surface area (Å²) in [5.41, 5.74) is 2.57. The number of nitrogens with zero attached hydrogens (tertiary/aromatic N) is 1. The van der Waals surface area contributed by atoms with Crippen LogP contribution in [0.15, 0.2) is 24.3 Å². The first kappa shape index (κ1) is 12.1. The zero-order valence-electron chi connectivity index (χ0n) is 9.90. The molecule has 1 rings (SSSR count). The van der Waals surface area contributed by atoms with E-state index in [1.165, 1.54) is 11.3 Å². The Morgan fingerprint density at radius 3 is 2.47 bits per heavy atom. The van der Waals surface area contributed by atoms with E-state index >= 15 is 0 Å². The van der Waals surface area contributed by atoms with E-state index in [4.69, 9.17) is 5.11 Å². The van der Waals surface area contributed by atoms with Gasteiger partial charge >= 0.3 is 0 Å². The van der Waals surface area contributed by atoms with Crippen LogP contribution in [-0.4, -0.2) is 24.3 Å². The molecule has 2 heteroatoms. The number of aliphatic hydroxyl groups is 1. The fraction of sp³-hybridized carbons (Fsp3) is 0.538. The van der Waals surface area contributed by atoms with Crippen molar-refractivity contribution in [3.05, 3.63) is 29.8 Å². The number of para-hydroxylation sites is 1. The van der Waals surface area contributed by atoms with Crippen LogP contribution in [0.3, 0.4) is 0 Å². The van der Waals surface area contributed by atoms with E-state index < -0.39 is 0 Å². The molecule has 0 radical (unpaired) electrons. The van der Waals surface area contributed by atoms with E-state index in [-0.39, 0.29) is 6.61 Å². The molecule has 2 nitrogen and oxygen atoms in total. The predicted octanol–water partition coefficient (Wildman–Crippen LogP) is 2.59. The van der Waals surface area contributed by atoms with Gasteiger partial charge in [0, 0.05) is 24.9 Å². The number of anilines is 1. The average molecular weight is 207 g/mol. The Morgan fingerprint density at radius 2 is 1.93 bits per heavy atom. The minimum Gasteiger partial charge on any atom is -0.396 e. The molecule has 0 aliphatic heterocycles. The number of aryl methyl sites for hydroxylation is 1. The third-order valence-electron chi connectivity index (χ3n) is 2.61. The van der Waals surface area contributed by atoms with Gasteiger partial charge in [0.05, 0.1) is 0 Å². The van der Waals surface area contributed by atoms with Crippen LogP contribution >= 0.6 is 0 Å². The van der Waals surface area contributed by atoms with Gasteiger partial charge in [0.2, 0.25) is 0 Å². The molecular formula is C13H21NO. The monoisotopic (exact) mass is 207 g/mol. The second kappa shape index (κ2) is 5.76. The minimum atomic E-state index is 0.259. The quantitative estimate of drug-likeness (QED) is 0.802. The summed E-state index contributed by atoms with van der Waals surface area (Å²) in [5.74, 6) is 0. The van der Waals surface area contributed by atoms with Gasteiger partial charge in [-0.25, -0.2) is 0 Å². The fourth-order valence-electron chi connectivity index (χ4n) is 1.78. The van der Waals surface area contributed by atoms with E-state index in [0.717, 1.165) is 13.0 Å². The number of aliphatic hydroxyl groups excluding tert-OH is 1. The molecule has 1 aromatic rings. The van der Waals surface area contributed by atoms with Gasteiger partial charge in [-0.05, 0) is 38.8 Å². The van der Waals surface area contributed by atoms with Gasteiger partial charge in [0.25, 0.3) is 0 Å². The topological polar surface area (TPSA) is 23.5 Å². The summed E-state index contributed by atoms with van der Waals surface area (Å²) in [7, 11) is 0. The highest BCUT2D eigenvalue weighted by atomic mass is 16.3. The number of rotatable bonds is 5. The molecule has 0 aliphatic carbocycles. The summed E-state index contributed by atoms with van der Waals surface area (Å²) >= 11 is 0. The lowest BCUT2D eigenvalue weighted by Crippen LogP contribution is -2.32. The van der Waals surface area contributed by atoms with Crippen LogP contribution in [0.2, 0.25) is 0 Å². The van der Waals surface area contributed by atoms with E-state index in [1.807, 2.05) is 0 Å². The Balaban J connectivity index is 2.84. The van der Waals surface area contributed by atoms with Crippen molar-refractivity contribution in [2.75, 3.05) is 18.1 Å². The predicted molar refractivity (Wildman–Crippen MR) is 65.4 cm³/mol. The van der Waals surface area contributed by atoms with Crippen LogP contribution < -0.4 is 4.90 Å². The van der Waals surface area contributed by atoms with Crippen LogP contribution in [0.5, 0.6) is 0 Å². The van der Waals surface area contributed by atoms with E-state index in [1.54, 1.807) is 0 Å². The highest BCUT2D eigenvalue weighted by molar-refractivity contribution is 5.53. The molecule has 0 bridgehead atoms. The van der Waals surface area contributed by atoms with Crippen molar-refractivity contribution in [3.8, 4) is 0 Å². The van der Waals surface area contributed by atoms with Crippen LogP contribution in [0.25, 0.3) is 0 Å². The molecule has 15 heavy (non-hydrogen) atoms. The van der Waals surface area contributed by atoms with Crippen LogP contribution in [-0.2, 0) is 0 Å². The van der Waals surface area contributed by atoms with Gasteiger partial charge in [0.1, 0.15) is 0 Å². The highest BCUT2D eigenvalue weighted by Gasteiger charge is 2.11. The van der Waals surface area contributed by atoms with E-state index in [2.05, 4.69) is 49.9 Å². The molecule has 0 spiro atoms. The molecule has 0 saturated heterocycles. The SMILES string of the molecule is Cc1ccccc1N(CCCO)C(C)C. The van der Waals surface area contributed by atoms with Crippen molar-refractivity contribution in [2.45, 2.75) is 33.2 Å². The van der Waals surface area contributed by atoms with Gasteiger partial charge in [-0.2, -0.15) is 0 Å². The van der Waals surface area contributed by atoms with E-state index in [0.29, 0.717) is 6.04 Å². The Hall–Kier alpha value is -1.02. The normalized spacial score (nSPS) is 10.7.